The molecule has 0 aliphatic carbocycles. The van der Waals surface area contributed by atoms with Gasteiger partial charge in [0.15, 0.2) is 0 Å². The van der Waals surface area contributed by atoms with Crippen LogP contribution in [0.1, 0.15) is 22.4 Å². The average Bonchev–Trinajstić information content (AvgIpc) is 2.92. The van der Waals surface area contributed by atoms with E-state index >= 15 is 0 Å². The Labute approximate surface area is 121 Å². The second kappa shape index (κ2) is 4.86. The molecule has 3 aromatic rings. The van der Waals surface area contributed by atoms with E-state index in [1.54, 1.807) is 0 Å². The lowest BCUT2D eigenvalue weighted by Crippen LogP contribution is -2.32. The molecule has 3 heterocycles. The summed E-state index contributed by atoms with van der Waals surface area (Å²) < 4.78 is 1.88. The summed E-state index contributed by atoms with van der Waals surface area (Å²) in [6.45, 7) is 1.54. The predicted octanol–water partition coefficient (Wildman–Crippen LogP) is 1.26. The van der Waals surface area contributed by atoms with Gasteiger partial charge in [0.05, 0.1) is 11.9 Å². The summed E-state index contributed by atoms with van der Waals surface area (Å²) in [5.74, 6) is 0. The van der Waals surface area contributed by atoms with Crippen molar-refractivity contribution in [3.63, 3.8) is 0 Å². The van der Waals surface area contributed by atoms with Crippen LogP contribution in [0.15, 0.2) is 41.3 Å². The highest BCUT2D eigenvalue weighted by molar-refractivity contribution is 5.50. The van der Waals surface area contributed by atoms with Gasteiger partial charge in [-0.15, -0.1) is 0 Å². The molecular formula is C16H16N4O. The Hall–Kier alpha value is -2.40. The van der Waals surface area contributed by atoms with Crippen LogP contribution < -0.4 is 10.9 Å². The number of rotatable bonds is 2. The zero-order chi connectivity index (χ0) is 14.2. The van der Waals surface area contributed by atoms with Crippen molar-refractivity contribution in [1.29, 1.82) is 0 Å². The Balaban J connectivity index is 1.85. The van der Waals surface area contributed by atoms with Crippen molar-refractivity contribution < 1.29 is 0 Å². The molecule has 1 aromatic carbocycles. The van der Waals surface area contributed by atoms with Gasteiger partial charge in [0, 0.05) is 24.1 Å². The largest absolute Gasteiger partial charge is 0.311 e. The lowest BCUT2D eigenvalue weighted by atomic mass is 10.1. The second-order valence-corrected chi connectivity index (χ2v) is 5.40. The van der Waals surface area contributed by atoms with Gasteiger partial charge in [-0.1, -0.05) is 30.3 Å². The second-order valence-electron chi connectivity index (χ2n) is 5.40. The van der Waals surface area contributed by atoms with E-state index in [4.69, 9.17) is 0 Å². The molecule has 5 heteroatoms. The number of fused-ring (bicyclic) bond motifs is 3. The third-order valence-corrected chi connectivity index (χ3v) is 4.04. The van der Waals surface area contributed by atoms with E-state index in [9.17, 15) is 4.79 Å². The number of hydrogen-bond donors (Lipinski definition) is 2. The summed E-state index contributed by atoms with van der Waals surface area (Å²) in [6.07, 6.45) is 3.38. The van der Waals surface area contributed by atoms with Crippen molar-refractivity contribution in [1.82, 2.24) is 19.9 Å². The molecule has 2 aromatic heterocycles. The minimum absolute atomic E-state index is 0.0220. The summed E-state index contributed by atoms with van der Waals surface area (Å²) >= 11 is 0. The van der Waals surface area contributed by atoms with Crippen LogP contribution in [-0.4, -0.2) is 21.1 Å². The van der Waals surface area contributed by atoms with Gasteiger partial charge in [0.1, 0.15) is 5.65 Å². The number of nitrogens with one attached hydrogen (secondary N) is 2. The maximum absolute atomic E-state index is 12.3. The molecule has 1 aliphatic heterocycles. The first-order valence-electron chi connectivity index (χ1n) is 7.18. The average molecular weight is 280 g/mol. The number of nitrogens with zero attached hydrogens (tertiary/aromatic N) is 2. The smallest absolute Gasteiger partial charge is 0.254 e. The van der Waals surface area contributed by atoms with Crippen LogP contribution in [0.5, 0.6) is 0 Å². The zero-order valence-electron chi connectivity index (χ0n) is 11.6. The number of aromatic nitrogens is 3. The normalized spacial score (nSPS) is 14.3. The van der Waals surface area contributed by atoms with Gasteiger partial charge in [-0.2, -0.15) is 5.10 Å². The molecule has 4 rings (SSSR count). The summed E-state index contributed by atoms with van der Waals surface area (Å²) in [4.78, 5) is 15.3. The van der Waals surface area contributed by atoms with Crippen molar-refractivity contribution in [3.8, 4) is 0 Å². The highest BCUT2D eigenvalue weighted by atomic mass is 16.1. The van der Waals surface area contributed by atoms with E-state index in [0.29, 0.717) is 6.54 Å². The van der Waals surface area contributed by atoms with Crippen molar-refractivity contribution in [2.45, 2.75) is 19.4 Å². The van der Waals surface area contributed by atoms with E-state index in [0.717, 1.165) is 41.9 Å². The Kier molecular flexibility index (Phi) is 2.86. The minimum atomic E-state index is 0.0220. The third-order valence-electron chi connectivity index (χ3n) is 4.04. The highest BCUT2D eigenvalue weighted by Gasteiger charge is 2.18. The van der Waals surface area contributed by atoms with Gasteiger partial charge < -0.3 is 10.3 Å². The van der Waals surface area contributed by atoms with Crippen LogP contribution in [0.4, 0.5) is 0 Å². The van der Waals surface area contributed by atoms with Crippen molar-refractivity contribution >= 4 is 5.65 Å². The maximum atomic E-state index is 12.3. The summed E-state index contributed by atoms with van der Waals surface area (Å²) in [7, 11) is 0. The van der Waals surface area contributed by atoms with Gasteiger partial charge in [-0.25, -0.2) is 4.52 Å². The molecular weight excluding hydrogens is 264 g/mol. The molecule has 0 saturated carbocycles. The Morgan fingerprint density at radius 3 is 2.95 bits per heavy atom. The molecule has 21 heavy (non-hydrogen) atoms. The minimum Gasteiger partial charge on any atom is -0.311 e. The van der Waals surface area contributed by atoms with Crippen molar-refractivity contribution in [3.05, 3.63) is 69.3 Å². The molecule has 0 saturated heterocycles. The quantitative estimate of drug-likeness (QED) is 0.743. The van der Waals surface area contributed by atoms with Crippen LogP contribution in [0.2, 0.25) is 0 Å². The van der Waals surface area contributed by atoms with Gasteiger partial charge in [0.25, 0.3) is 5.56 Å². The van der Waals surface area contributed by atoms with Gasteiger partial charge in [0.2, 0.25) is 0 Å². The molecule has 0 spiro atoms. The predicted molar refractivity (Wildman–Crippen MR) is 80.5 cm³/mol. The molecule has 1 aliphatic rings. The molecule has 0 atom stereocenters. The molecule has 0 bridgehead atoms. The van der Waals surface area contributed by atoms with Crippen LogP contribution in [0.25, 0.3) is 5.65 Å². The number of aromatic amines is 1. The summed E-state index contributed by atoms with van der Waals surface area (Å²) in [5, 5.41) is 7.78. The maximum Gasteiger partial charge on any atom is 0.254 e. The van der Waals surface area contributed by atoms with E-state index in [-0.39, 0.29) is 5.56 Å². The Morgan fingerprint density at radius 1 is 1.24 bits per heavy atom. The van der Waals surface area contributed by atoms with Crippen LogP contribution in [0, 0.1) is 0 Å². The fourth-order valence-corrected chi connectivity index (χ4v) is 2.97. The molecule has 0 fully saturated rings. The number of H-pyrrole nitrogens is 1. The molecule has 0 radical (unpaired) electrons. The highest BCUT2D eigenvalue weighted by Crippen LogP contribution is 2.17. The molecule has 5 nitrogen and oxygen atoms in total. The van der Waals surface area contributed by atoms with Crippen LogP contribution >= 0.6 is 0 Å². The van der Waals surface area contributed by atoms with Crippen LogP contribution in [-0.2, 0) is 19.4 Å². The lowest BCUT2D eigenvalue weighted by Gasteiger charge is -2.17. The molecule has 2 N–H and O–H groups in total. The number of benzene rings is 1. The van der Waals surface area contributed by atoms with E-state index in [1.807, 2.05) is 28.9 Å². The number of hydrogen-bond acceptors (Lipinski definition) is 3. The first-order chi connectivity index (χ1) is 10.3. The fourth-order valence-electron chi connectivity index (χ4n) is 2.97. The first kappa shape index (κ1) is 12.3. The summed E-state index contributed by atoms with van der Waals surface area (Å²) in [6, 6.07) is 10.2. The lowest BCUT2D eigenvalue weighted by molar-refractivity contribution is 0.600. The molecule has 0 amide bonds. The van der Waals surface area contributed by atoms with E-state index in [1.165, 1.54) is 5.56 Å². The monoisotopic (exact) mass is 280 g/mol. The van der Waals surface area contributed by atoms with E-state index < -0.39 is 0 Å². The molecule has 0 unspecified atom stereocenters. The molecule has 106 valence electrons. The SMILES string of the molecule is O=c1[nH]c2c(Cc3ccccc3)cnn2c2c1CCNC2. The van der Waals surface area contributed by atoms with Gasteiger partial charge in [-0.05, 0) is 18.5 Å². The van der Waals surface area contributed by atoms with Crippen molar-refractivity contribution in [2.24, 2.45) is 0 Å². The Morgan fingerprint density at radius 2 is 2.10 bits per heavy atom. The van der Waals surface area contributed by atoms with Gasteiger partial charge in [-0.3, -0.25) is 4.79 Å². The van der Waals surface area contributed by atoms with Crippen molar-refractivity contribution in [2.75, 3.05) is 6.54 Å². The first-order valence-corrected chi connectivity index (χ1v) is 7.18. The third kappa shape index (κ3) is 2.06. The van der Waals surface area contributed by atoms with Crippen LogP contribution in [0.3, 0.4) is 0 Å². The topological polar surface area (TPSA) is 62.2 Å². The zero-order valence-corrected chi connectivity index (χ0v) is 11.6. The summed E-state index contributed by atoms with van der Waals surface area (Å²) in [5.41, 5.74) is 4.94. The van der Waals surface area contributed by atoms with E-state index in [2.05, 4.69) is 27.5 Å². The fraction of sp³-hybridized carbons (Fsp3) is 0.250. The Bertz CT molecular complexity index is 848. The van der Waals surface area contributed by atoms with Gasteiger partial charge >= 0.3 is 0 Å². The standard InChI is InChI=1S/C16H16N4O/c21-16-13-6-7-17-10-14(13)20-15(19-16)12(9-18-20)8-11-4-2-1-3-5-11/h1-5,9,17H,6-8,10H2,(H,19,21).